The predicted octanol–water partition coefficient (Wildman–Crippen LogP) is 2.84. The summed E-state index contributed by atoms with van der Waals surface area (Å²) in [6, 6.07) is 5.65. The van der Waals surface area contributed by atoms with Gasteiger partial charge >= 0.3 is 0 Å². The van der Waals surface area contributed by atoms with Crippen LogP contribution in [0.2, 0.25) is 5.02 Å². The molecule has 116 valence electrons. The van der Waals surface area contributed by atoms with Gasteiger partial charge in [-0.2, -0.15) is 0 Å². The molecule has 1 aliphatic rings. The number of carbonyl (C=O) groups excluding carboxylic acids is 1. The van der Waals surface area contributed by atoms with E-state index in [4.69, 9.17) is 16.3 Å². The molecule has 1 aliphatic heterocycles. The lowest BCUT2D eigenvalue weighted by Crippen LogP contribution is -2.38. The van der Waals surface area contributed by atoms with Gasteiger partial charge in [0.25, 0.3) is 5.91 Å². The fraction of sp³-hybridized carbons (Fsp3) is 0.562. The summed E-state index contributed by atoms with van der Waals surface area (Å²) in [7, 11) is 0. The van der Waals surface area contributed by atoms with Crippen molar-refractivity contribution in [2.24, 2.45) is 0 Å². The second kappa shape index (κ2) is 8.25. The molecule has 0 aliphatic carbocycles. The third-order valence-corrected chi connectivity index (χ3v) is 3.96. The fourth-order valence-electron chi connectivity index (χ4n) is 2.48. The van der Waals surface area contributed by atoms with E-state index in [1.807, 2.05) is 24.0 Å². The predicted molar refractivity (Wildman–Crippen MR) is 84.8 cm³/mol. The van der Waals surface area contributed by atoms with Gasteiger partial charge in [-0.05, 0) is 31.9 Å². The van der Waals surface area contributed by atoms with Crippen molar-refractivity contribution in [2.75, 3.05) is 26.2 Å². The van der Waals surface area contributed by atoms with Gasteiger partial charge in [0, 0.05) is 25.2 Å². The zero-order chi connectivity index (χ0) is 15.1. The number of halogens is 1. The van der Waals surface area contributed by atoms with E-state index in [2.05, 4.69) is 5.32 Å². The molecule has 4 nitrogen and oxygen atoms in total. The number of amides is 1. The van der Waals surface area contributed by atoms with Crippen molar-refractivity contribution in [3.8, 4) is 5.75 Å². The maximum Gasteiger partial charge on any atom is 0.260 e. The summed E-state index contributed by atoms with van der Waals surface area (Å²) in [6.07, 6.45) is 3.38. The third kappa shape index (κ3) is 4.61. The molecule has 0 spiro atoms. The number of carbonyl (C=O) groups is 1. The van der Waals surface area contributed by atoms with E-state index in [0.717, 1.165) is 38.0 Å². The highest BCUT2D eigenvalue weighted by atomic mass is 35.5. The molecule has 1 N–H and O–H groups in total. The minimum absolute atomic E-state index is 0.0454. The lowest BCUT2D eigenvalue weighted by atomic mass is 10.1. The van der Waals surface area contributed by atoms with Crippen LogP contribution < -0.4 is 10.1 Å². The summed E-state index contributed by atoms with van der Waals surface area (Å²) >= 11 is 6.20. The highest BCUT2D eigenvalue weighted by molar-refractivity contribution is 6.32. The summed E-state index contributed by atoms with van der Waals surface area (Å²) in [5.74, 6) is 0.662. The molecule has 2 rings (SSSR count). The Balaban J connectivity index is 1.96. The lowest BCUT2D eigenvalue weighted by Gasteiger charge is -2.26. The van der Waals surface area contributed by atoms with Crippen molar-refractivity contribution < 1.29 is 9.53 Å². The van der Waals surface area contributed by atoms with Crippen LogP contribution in [0, 0.1) is 0 Å². The fourth-order valence-corrected chi connectivity index (χ4v) is 2.73. The van der Waals surface area contributed by atoms with Crippen molar-refractivity contribution in [1.82, 2.24) is 10.2 Å². The van der Waals surface area contributed by atoms with Gasteiger partial charge in [-0.3, -0.25) is 4.79 Å². The Morgan fingerprint density at radius 3 is 2.81 bits per heavy atom. The first kappa shape index (κ1) is 16.1. The number of rotatable bonds is 6. The van der Waals surface area contributed by atoms with E-state index in [-0.39, 0.29) is 12.5 Å². The van der Waals surface area contributed by atoms with E-state index in [1.165, 1.54) is 6.42 Å². The van der Waals surface area contributed by atoms with Crippen molar-refractivity contribution in [3.63, 3.8) is 0 Å². The molecule has 1 amide bonds. The van der Waals surface area contributed by atoms with Gasteiger partial charge in [0.05, 0.1) is 5.02 Å². The van der Waals surface area contributed by atoms with Crippen LogP contribution in [0.25, 0.3) is 0 Å². The highest BCUT2D eigenvalue weighted by Gasteiger charge is 2.18. The maximum absolute atomic E-state index is 12.2. The summed E-state index contributed by atoms with van der Waals surface area (Å²) in [4.78, 5) is 14.0. The van der Waals surface area contributed by atoms with Crippen molar-refractivity contribution in [3.05, 3.63) is 28.8 Å². The van der Waals surface area contributed by atoms with E-state index in [0.29, 0.717) is 17.3 Å². The summed E-state index contributed by atoms with van der Waals surface area (Å²) in [5.41, 5.74) is 0.982. The normalized spacial score (nSPS) is 15.0. The Morgan fingerprint density at radius 1 is 1.33 bits per heavy atom. The minimum Gasteiger partial charge on any atom is -0.482 e. The summed E-state index contributed by atoms with van der Waals surface area (Å²) in [5, 5.41) is 3.80. The summed E-state index contributed by atoms with van der Waals surface area (Å²) < 4.78 is 5.72. The Kier molecular flexibility index (Phi) is 6.33. The van der Waals surface area contributed by atoms with Gasteiger partial charge < -0.3 is 15.0 Å². The smallest absolute Gasteiger partial charge is 0.260 e. The van der Waals surface area contributed by atoms with Crippen LogP contribution in [0.5, 0.6) is 5.75 Å². The van der Waals surface area contributed by atoms with Crippen LogP contribution in [0.1, 0.15) is 31.7 Å². The Bertz CT molecular complexity index is 473. The number of benzene rings is 1. The van der Waals surface area contributed by atoms with Crippen molar-refractivity contribution in [2.45, 2.75) is 32.7 Å². The number of piperidine rings is 1. The maximum atomic E-state index is 12.2. The Labute approximate surface area is 131 Å². The molecule has 0 radical (unpaired) electrons. The molecule has 1 fully saturated rings. The molecule has 0 unspecified atom stereocenters. The second-order valence-electron chi connectivity index (χ2n) is 5.24. The Morgan fingerprint density at radius 2 is 2.10 bits per heavy atom. The molecular weight excluding hydrogens is 288 g/mol. The van der Waals surface area contributed by atoms with Gasteiger partial charge in [-0.1, -0.05) is 30.7 Å². The summed E-state index contributed by atoms with van der Waals surface area (Å²) in [6.45, 7) is 5.35. The third-order valence-electron chi connectivity index (χ3n) is 3.66. The zero-order valence-electron chi connectivity index (χ0n) is 12.5. The minimum atomic E-state index is 0.0454. The first-order chi connectivity index (χ1) is 10.2. The van der Waals surface area contributed by atoms with Crippen LogP contribution in [0.15, 0.2) is 18.2 Å². The first-order valence-corrected chi connectivity index (χ1v) is 7.99. The number of likely N-dealkylation sites (tertiary alicyclic amines) is 1. The van der Waals surface area contributed by atoms with E-state index < -0.39 is 0 Å². The molecule has 0 bridgehead atoms. The second-order valence-corrected chi connectivity index (χ2v) is 5.65. The topological polar surface area (TPSA) is 41.6 Å². The molecule has 1 saturated heterocycles. The van der Waals surface area contributed by atoms with Crippen LogP contribution in [-0.4, -0.2) is 37.0 Å². The molecule has 1 aromatic rings. The molecule has 5 heteroatoms. The molecule has 1 heterocycles. The molecule has 0 saturated carbocycles. The van der Waals surface area contributed by atoms with Gasteiger partial charge in [-0.15, -0.1) is 0 Å². The van der Waals surface area contributed by atoms with Gasteiger partial charge in [0.15, 0.2) is 6.61 Å². The van der Waals surface area contributed by atoms with E-state index >= 15 is 0 Å². The highest BCUT2D eigenvalue weighted by Crippen LogP contribution is 2.28. The SMILES string of the molecule is CCNCc1cccc(Cl)c1OCC(=O)N1CCCCC1. The number of para-hydroxylation sites is 1. The zero-order valence-corrected chi connectivity index (χ0v) is 13.3. The number of ether oxygens (including phenoxy) is 1. The van der Waals surface area contributed by atoms with Crippen LogP contribution >= 0.6 is 11.6 Å². The standard InChI is InChI=1S/C16H23ClN2O2/c1-2-18-11-13-7-6-8-14(17)16(13)21-12-15(20)19-9-4-3-5-10-19/h6-8,18H,2-5,9-12H2,1H3. The number of hydrogen-bond donors (Lipinski definition) is 1. The average molecular weight is 311 g/mol. The van der Waals surface area contributed by atoms with E-state index in [9.17, 15) is 4.79 Å². The first-order valence-electron chi connectivity index (χ1n) is 7.61. The number of nitrogens with one attached hydrogen (secondary N) is 1. The molecule has 21 heavy (non-hydrogen) atoms. The van der Waals surface area contributed by atoms with Crippen molar-refractivity contribution >= 4 is 17.5 Å². The van der Waals surface area contributed by atoms with Crippen LogP contribution in [-0.2, 0) is 11.3 Å². The average Bonchev–Trinajstić information content (AvgIpc) is 2.52. The monoisotopic (exact) mass is 310 g/mol. The quantitative estimate of drug-likeness (QED) is 0.878. The van der Waals surface area contributed by atoms with Gasteiger partial charge in [0.2, 0.25) is 0 Å². The molecule has 0 aromatic heterocycles. The Hall–Kier alpha value is -1.26. The lowest BCUT2D eigenvalue weighted by molar-refractivity contribution is -0.134. The molecule has 0 atom stereocenters. The number of nitrogens with zero attached hydrogens (tertiary/aromatic N) is 1. The van der Waals surface area contributed by atoms with Crippen LogP contribution in [0.4, 0.5) is 0 Å². The van der Waals surface area contributed by atoms with Crippen molar-refractivity contribution in [1.29, 1.82) is 0 Å². The largest absolute Gasteiger partial charge is 0.482 e. The number of hydrogen-bond acceptors (Lipinski definition) is 3. The van der Waals surface area contributed by atoms with Crippen LogP contribution in [0.3, 0.4) is 0 Å². The molecule has 1 aromatic carbocycles. The van der Waals surface area contributed by atoms with E-state index in [1.54, 1.807) is 6.07 Å². The van der Waals surface area contributed by atoms with Gasteiger partial charge in [0.1, 0.15) is 5.75 Å². The molecular formula is C16H23ClN2O2. The van der Waals surface area contributed by atoms with Gasteiger partial charge in [-0.25, -0.2) is 0 Å².